The standard InChI is InChI=1S/C31H24N2O7/c34-28(22-9-6-10-25(17-22)33(37)38)20-39-31(36)23-18-30(35)32(19-23)24-13-15-26(16-14-24)40-29-12-5-4-11-27(29)21-7-2-1-3-8-21/h1-17,23H,18-20H2/t23-/m0/s1. The quantitative estimate of drug-likeness (QED) is 0.114. The molecule has 0 spiro atoms. The van der Waals surface area contributed by atoms with Crippen LogP contribution in [0.1, 0.15) is 16.8 Å². The van der Waals surface area contributed by atoms with Crippen LogP contribution in [0.15, 0.2) is 103 Å². The first kappa shape index (κ1) is 26.3. The predicted octanol–water partition coefficient (Wildman–Crippen LogP) is 5.83. The number of hydrogen-bond acceptors (Lipinski definition) is 7. The average molecular weight is 537 g/mol. The number of rotatable bonds is 9. The van der Waals surface area contributed by atoms with Gasteiger partial charge in [-0.2, -0.15) is 0 Å². The van der Waals surface area contributed by atoms with Gasteiger partial charge in [0.15, 0.2) is 6.61 Å². The maximum Gasteiger partial charge on any atom is 0.311 e. The number of nitrogens with zero attached hydrogens (tertiary/aromatic N) is 2. The molecular weight excluding hydrogens is 512 g/mol. The van der Waals surface area contributed by atoms with E-state index in [1.54, 1.807) is 24.3 Å². The molecule has 5 rings (SSSR count). The van der Waals surface area contributed by atoms with Gasteiger partial charge < -0.3 is 14.4 Å². The summed E-state index contributed by atoms with van der Waals surface area (Å²) in [6.07, 6.45) is -0.0491. The van der Waals surface area contributed by atoms with Crippen LogP contribution in [0.3, 0.4) is 0 Å². The van der Waals surface area contributed by atoms with Gasteiger partial charge in [0.2, 0.25) is 11.7 Å². The van der Waals surface area contributed by atoms with Crippen molar-refractivity contribution in [3.63, 3.8) is 0 Å². The number of benzene rings is 4. The summed E-state index contributed by atoms with van der Waals surface area (Å²) in [4.78, 5) is 49.5. The first-order valence-corrected chi connectivity index (χ1v) is 12.6. The molecule has 1 aliphatic heterocycles. The van der Waals surface area contributed by atoms with Gasteiger partial charge in [-0.3, -0.25) is 24.5 Å². The molecule has 1 fully saturated rings. The number of para-hydroxylation sites is 1. The van der Waals surface area contributed by atoms with Gasteiger partial charge in [-0.1, -0.05) is 60.7 Å². The van der Waals surface area contributed by atoms with Crippen LogP contribution in [0.4, 0.5) is 11.4 Å². The van der Waals surface area contributed by atoms with E-state index in [0.717, 1.165) is 17.2 Å². The molecule has 0 bridgehead atoms. The zero-order valence-corrected chi connectivity index (χ0v) is 21.3. The minimum Gasteiger partial charge on any atom is -0.457 e. The zero-order valence-electron chi connectivity index (χ0n) is 21.3. The Morgan fingerprint density at radius 1 is 0.900 bits per heavy atom. The molecule has 4 aromatic carbocycles. The van der Waals surface area contributed by atoms with Crippen LogP contribution < -0.4 is 9.64 Å². The maximum absolute atomic E-state index is 12.7. The molecule has 1 aliphatic rings. The molecule has 1 heterocycles. The number of carbonyl (C=O) groups is 3. The van der Waals surface area contributed by atoms with Crippen LogP contribution in [0.5, 0.6) is 11.5 Å². The number of Topliss-reactive ketones (excluding diaryl/α,β-unsaturated/α-hetero) is 1. The summed E-state index contributed by atoms with van der Waals surface area (Å²) in [6.45, 7) is -0.457. The lowest BCUT2D eigenvalue weighted by molar-refractivity contribution is -0.384. The van der Waals surface area contributed by atoms with Gasteiger partial charge in [-0.25, -0.2) is 0 Å². The minimum atomic E-state index is -0.737. The van der Waals surface area contributed by atoms with Crippen molar-refractivity contribution < 1.29 is 28.8 Å². The zero-order chi connectivity index (χ0) is 28.1. The topological polar surface area (TPSA) is 116 Å². The molecule has 40 heavy (non-hydrogen) atoms. The normalized spacial score (nSPS) is 14.6. The lowest BCUT2D eigenvalue weighted by Crippen LogP contribution is -2.27. The van der Waals surface area contributed by atoms with Gasteiger partial charge in [0.25, 0.3) is 5.69 Å². The lowest BCUT2D eigenvalue weighted by atomic mass is 10.0. The number of amides is 1. The molecule has 4 aromatic rings. The summed E-state index contributed by atoms with van der Waals surface area (Å²) in [6, 6.07) is 29.8. The van der Waals surface area contributed by atoms with Crippen LogP contribution in [-0.2, 0) is 14.3 Å². The average Bonchev–Trinajstić information content (AvgIpc) is 3.38. The molecule has 9 heteroatoms. The maximum atomic E-state index is 12.7. The van der Waals surface area contributed by atoms with Crippen molar-refractivity contribution in [1.82, 2.24) is 0 Å². The molecule has 9 nitrogen and oxygen atoms in total. The highest BCUT2D eigenvalue weighted by molar-refractivity contribution is 6.01. The van der Waals surface area contributed by atoms with Crippen molar-refractivity contribution in [2.45, 2.75) is 6.42 Å². The molecule has 0 saturated carbocycles. The third-order valence-electron chi connectivity index (χ3n) is 6.53. The Kier molecular flexibility index (Phi) is 7.63. The number of ketones is 1. The molecule has 1 saturated heterocycles. The molecule has 1 atom stereocenters. The Hall–Kier alpha value is -5.31. The van der Waals surface area contributed by atoms with Crippen molar-refractivity contribution in [3.8, 4) is 22.6 Å². The molecule has 0 unspecified atom stereocenters. The number of carbonyl (C=O) groups excluding carboxylic acids is 3. The van der Waals surface area contributed by atoms with E-state index in [1.807, 2.05) is 54.6 Å². The molecule has 200 valence electrons. The summed E-state index contributed by atoms with van der Waals surface area (Å²) < 4.78 is 11.3. The number of non-ortho nitro benzene ring substituents is 1. The fourth-order valence-corrected chi connectivity index (χ4v) is 4.48. The number of nitro benzene ring substituents is 1. The van der Waals surface area contributed by atoms with Crippen molar-refractivity contribution in [1.29, 1.82) is 0 Å². The Morgan fingerprint density at radius 3 is 2.38 bits per heavy atom. The highest BCUT2D eigenvalue weighted by atomic mass is 16.6. The second kappa shape index (κ2) is 11.6. The first-order chi connectivity index (χ1) is 19.4. The fraction of sp³-hybridized carbons (Fsp3) is 0.129. The van der Waals surface area contributed by atoms with E-state index in [0.29, 0.717) is 17.2 Å². The molecular formula is C31H24N2O7. The smallest absolute Gasteiger partial charge is 0.311 e. The molecule has 0 aliphatic carbocycles. The Labute approximate surface area is 229 Å². The van der Waals surface area contributed by atoms with E-state index in [-0.39, 0.29) is 30.1 Å². The summed E-state index contributed by atoms with van der Waals surface area (Å²) >= 11 is 0. The van der Waals surface area contributed by atoms with Crippen molar-refractivity contribution in [3.05, 3.63) is 119 Å². The highest BCUT2D eigenvalue weighted by Gasteiger charge is 2.36. The fourth-order valence-electron chi connectivity index (χ4n) is 4.48. The van der Waals surface area contributed by atoms with E-state index in [9.17, 15) is 24.5 Å². The van der Waals surface area contributed by atoms with Crippen LogP contribution in [0.2, 0.25) is 0 Å². The largest absolute Gasteiger partial charge is 0.457 e. The minimum absolute atomic E-state index is 0.0491. The third kappa shape index (κ3) is 5.88. The third-order valence-corrected chi connectivity index (χ3v) is 6.53. The first-order valence-electron chi connectivity index (χ1n) is 12.6. The van der Waals surface area contributed by atoms with Crippen molar-refractivity contribution in [2.75, 3.05) is 18.1 Å². The number of nitro groups is 1. The number of anilines is 1. The van der Waals surface area contributed by atoms with Crippen LogP contribution in [0, 0.1) is 16.0 Å². The predicted molar refractivity (Wildman–Crippen MR) is 147 cm³/mol. The Morgan fingerprint density at radius 2 is 1.62 bits per heavy atom. The van der Waals surface area contributed by atoms with Gasteiger partial charge >= 0.3 is 5.97 Å². The van der Waals surface area contributed by atoms with E-state index < -0.39 is 29.2 Å². The SMILES string of the molecule is O=C(COC(=O)[C@H]1CC(=O)N(c2ccc(Oc3ccccc3-c3ccccc3)cc2)C1)c1cccc([N+](=O)[O-])c1. The monoisotopic (exact) mass is 536 g/mol. The second-order valence-electron chi connectivity index (χ2n) is 9.20. The van der Waals surface area contributed by atoms with Crippen LogP contribution in [-0.4, -0.2) is 35.7 Å². The van der Waals surface area contributed by atoms with Gasteiger partial charge in [0.1, 0.15) is 11.5 Å². The van der Waals surface area contributed by atoms with E-state index in [4.69, 9.17) is 9.47 Å². The summed E-state index contributed by atoms with van der Waals surface area (Å²) in [7, 11) is 0. The second-order valence-corrected chi connectivity index (χ2v) is 9.20. The summed E-state index contributed by atoms with van der Waals surface area (Å²) in [5.41, 5.74) is 2.43. The van der Waals surface area contributed by atoms with Crippen LogP contribution >= 0.6 is 0 Å². The van der Waals surface area contributed by atoms with Crippen molar-refractivity contribution in [2.24, 2.45) is 5.92 Å². The number of hydrogen-bond donors (Lipinski definition) is 0. The van der Waals surface area contributed by atoms with Gasteiger partial charge in [-0.05, 0) is 35.9 Å². The Balaban J connectivity index is 1.19. The number of esters is 1. The van der Waals surface area contributed by atoms with Crippen LogP contribution in [0.25, 0.3) is 11.1 Å². The molecule has 0 aromatic heterocycles. The molecule has 0 N–H and O–H groups in total. The highest BCUT2D eigenvalue weighted by Crippen LogP contribution is 2.34. The lowest BCUT2D eigenvalue weighted by Gasteiger charge is -2.17. The summed E-state index contributed by atoms with van der Waals surface area (Å²) in [5.74, 6) is -0.931. The molecule has 1 amide bonds. The van der Waals surface area contributed by atoms with E-state index in [2.05, 4.69) is 0 Å². The van der Waals surface area contributed by atoms with Gasteiger partial charge in [-0.15, -0.1) is 0 Å². The molecule has 0 radical (unpaired) electrons. The van der Waals surface area contributed by atoms with Crippen molar-refractivity contribution >= 4 is 29.0 Å². The number of ether oxygens (including phenoxy) is 2. The summed E-state index contributed by atoms with van der Waals surface area (Å²) in [5, 5.41) is 10.9. The van der Waals surface area contributed by atoms with E-state index >= 15 is 0 Å². The van der Waals surface area contributed by atoms with E-state index in [1.165, 1.54) is 23.1 Å². The van der Waals surface area contributed by atoms with Gasteiger partial charge in [0.05, 0.1) is 10.8 Å². The van der Waals surface area contributed by atoms with Gasteiger partial charge in [0, 0.05) is 41.9 Å². The Bertz CT molecular complexity index is 1570.